The highest BCUT2D eigenvalue weighted by molar-refractivity contribution is 4.99. The Morgan fingerprint density at radius 3 is 2.10 bits per heavy atom. The maximum Gasteiger partial charge on any atom is 0.106 e. The van der Waals surface area contributed by atoms with Crippen molar-refractivity contribution in [3.63, 3.8) is 0 Å². The van der Waals surface area contributed by atoms with Gasteiger partial charge in [-0.1, -0.05) is 34.6 Å². The van der Waals surface area contributed by atoms with Gasteiger partial charge in [0.2, 0.25) is 0 Å². The summed E-state index contributed by atoms with van der Waals surface area (Å²) < 4.78 is 0. The molecule has 1 spiro atoms. The molecule has 1 aliphatic heterocycles. The van der Waals surface area contributed by atoms with E-state index in [4.69, 9.17) is 9.78 Å². The zero-order chi connectivity index (χ0) is 15.9. The Morgan fingerprint density at radius 1 is 1.05 bits per heavy atom. The lowest BCUT2D eigenvalue weighted by Crippen LogP contribution is -2.39. The summed E-state index contributed by atoms with van der Waals surface area (Å²) in [5.74, 6) is 0.785. The molecule has 1 saturated carbocycles. The molecule has 3 nitrogen and oxygen atoms in total. The van der Waals surface area contributed by atoms with Gasteiger partial charge in [0.1, 0.15) is 11.2 Å². The summed E-state index contributed by atoms with van der Waals surface area (Å²) in [7, 11) is 0. The van der Waals surface area contributed by atoms with E-state index in [-0.39, 0.29) is 23.2 Å². The maximum atomic E-state index is 9.50. The number of hydrogen-bond acceptors (Lipinski definition) is 3. The molecule has 124 valence electrons. The highest BCUT2D eigenvalue weighted by Crippen LogP contribution is 2.51. The molecule has 1 atom stereocenters. The lowest BCUT2D eigenvalue weighted by Gasteiger charge is -2.40. The van der Waals surface area contributed by atoms with E-state index >= 15 is 0 Å². The smallest absolute Gasteiger partial charge is 0.106 e. The summed E-state index contributed by atoms with van der Waals surface area (Å²) in [6, 6.07) is 0. The van der Waals surface area contributed by atoms with Crippen LogP contribution in [0.25, 0.3) is 0 Å². The third-order valence-corrected chi connectivity index (χ3v) is 5.52. The Balaban J connectivity index is 1.96. The van der Waals surface area contributed by atoms with Crippen LogP contribution in [0.5, 0.6) is 0 Å². The molecule has 0 amide bonds. The van der Waals surface area contributed by atoms with E-state index in [0.29, 0.717) is 5.41 Å². The molecule has 2 fully saturated rings. The second-order valence-electron chi connectivity index (χ2n) is 9.62. The van der Waals surface area contributed by atoms with Crippen LogP contribution in [0.4, 0.5) is 0 Å². The molecule has 1 unspecified atom stereocenters. The van der Waals surface area contributed by atoms with Crippen LogP contribution in [0.2, 0.25) is 0 Å². The molecule has 1 saturated heterocycles. The van der Waals surface area contributed by atoms with Crippen LogP contribution in [0, 0.1) is 16.7 Å². The molecule has 0 radical (unpaired) electrons. The van der Waals surface area contributed by atoms with Crippen LogP contribution in [0.1, 0.15) is 80.1 Å². The Kier molecular flexibility index (Phi) is 4.52. The average molecular weight is 298 g/mol. The van der Waals surface area contributed by atoms with E-state index in [9.17, 15) is 5.11 Å². The predicted molar refractivity (Wildman–Crippen MR) is 84.8 cm³/mol. The zero-order valence-electron chi connectivity index (χ0n) is 14.8. The van der Waals surface area contributed by atoms with Crippen LogP contribution < -0.4 is 0 Å². The first kappa shape index (κ1) is 17.2. The number of aliphatic hydroxyl groups is 1. The van der Waals surface area contributed by atoms with Crippen LogP contribution in [0.3, 0.4) is 0 Å². The molecule has 3 heteroatoms. The minimum Gasteiger partial charge on any atom is -0.396 e. The topological polar surface area (TPSA) is 38.7 Å². The average Bonchev–Trinajstić information content (AvgIpc) is 2.65. The molecule has 1 N–H and O–H groups in total. The predicted octanol–water partition coefficient (Wildman–Crippen LogP) is 4.48. The summed E-state index contributed by atoms with van der Waals surface area (Å²) in [5.41, 5.74) is -0.0711. The lowest BCUT2D eigenvalue weighted by atomic mass is 9.66. The Labute approximate surface area is 130 Å². The van der Waals surface area contributed by atoms with Crippen molar-refractivity contribution >= 4 is 0 Å². The van der Waals surface area contributed by atoms with Crippen molar-refractivity contribution in [3.05, 3.63) is 0 Å². The first-order chi connectivity index (χ1) is 9.49. The van der Waals surface area contributed by atoms with Crippen molar-refractivity contribution in [1.82, 2.24) is 0 Å². The SMILES string of the molecule is CC(C)(CO)CC1(C)CC2(CCC(C(C)(C)C)CC2)OO1. The van der Waals surface area contributed by atoms with E-state index in [1.165, 1.54) is 12.8 Å². The highest BCUT2D eigenvalue weighted by Gasteiger charge is 2.52. The molecular formula is C18H34O3. The van der Waals surface area contributed by atoms with Crippen molar-refractivity contribution in [2.45, 2.75) is 91.3 Å². The van der Waals surface area contributed by atoms with Gasteiger partial charge in [0.15, 0.2) is 0 Å². The van der Waals surface area contributed by atoms with Gasteiger partial charge in [-0.2, -0.15) is 0 Å². The van der Waals surface area contributed by atoms with E-state index in [0.717, 1.165) is 31.6 Å². The molecule has 21 heavy (non-hydrogen) atoms. The van der Waals surface area contributed by atoms with Crippen molar-refractivity contribution in [2.24, 2.45) is 16.7 Å². The molecule has 1 heterocycles. The Morgan fingerprint density at radius 2 is 1.62 bits per heavy atom. The van der Waals surface area contributed by atoms with Crippen molar-refractivity contribution in [2.75, 3.05) is 6.61 Å². The second-order valence-corrected chi connectivity index (χ2v) is 9.62. The van der Waals surface area contributed by atoms with E-state index in [1.54, 1.807) is 0 Å². The summed E-state index contributed by atoms with van der Waals surface area (Å²) >= 11 is 0. The van der Waals surface area contributed by atoms with Gasteiger partial charge in [-0.15, -0.1) is 0 Å². The monoisotopic (exact) mass is 298 g/mol. The Bertz CT molecular complexity index is 361. The van der Waals surface area contributed by atoms with Crippen LogP contribution in [-0.4, -0.2) is 22.9 Å². The van der Waals surface area contributed by atoms with Gasteiger partial charge in [0.25, 0.3) is 0 Å². The van der Waals surface area contributed by atoms with E-state index in [2.05, 4.69) is 41.5 Å². The second kappa shape index (κ2) is 5.50. The van der Waals surface area contributed by atoms with Crippen LogP contribution in [-0.2, 0) is 9.78 Å². The zero-order valence-corrected chi connectivity index (χ0v) is 14.8. The van der Waals surface area contributed by atoms with Gasteiger partial charge in [-0.25, -0.2) is 9.78 Å². The quantitative estimate of drug-likeness (QED) is 0.781. The highest BCUT2D eigenvalue weighted by atomic mass is 17.2. The van der Waals surface area contributed by atoms with Crippen LogP contribution >= 0.6 is 0 Å². The lowest BCUT2D eigenvalue weighted by molar-refractivity contribution is -0.356. The van der Waals surface area contributed by atoms with Gasteiger partial charge < -0.3 is 5.11 Å². The third kappa shape index (κ3) is 4.00. The minimum absolute atomic E-state index is 0.0813. The fraction of sp³-hybridized carbons (Fsp3) is 1.00. The standard InChI is InChI=1S/C18H34O3/c1-15(2,3)14-7-9-18(10-8-14)12-17(6,20-21-18)11-16(4,5)13-19/h14,19H,7-13H2,1-6H3. The minimum atomic E-state index is -0.263. The van der Waals surface area contributed by atoms with Gasteiger partial charge in [0, 0.05) is 13.0 Å². The summed E-state index contributed by atoms with van der Waals surface area (Å²) in [6.07, 6.45) is 6.45. The number of aliphatic hydroxyl groups excluding tert-OH is 1. The third-order valence-electron chi connectivity index (χ3n) is 5.52. The number of hydrogen-bond donors (Lipinski definition) is 1. The number of rotatable bonds is 3. The molecule has 0 aromatic carbocycles. The van der Waals surface area contributed by atoms with E-state index < -0.39 is 0 Å². The molecule has 0 bridgehead atoms. The van der Waals surface area contributed by atoms with Gasteiger partial charge in [0.05, 0.1) is 0 Å². The van der Waals surface area contributed by atoms with Gasteiger partial charge in [-0.3, -0.25) is 0 Å². The summed E-state index contributed by atoms with van der Waals surface area (Å²) in [5, 5.41) is 9.50. The van der Waals surface area contributed by atoms with Crippen molar-refractivity contribution < 1.29 is 14.9 Å². The maximum absolute atomic E-state index is 9.50. The van der Waals surface area contributed by atoms with Gasteiger partial charge >= 0.3 is 0 Å². The Hall–Kier alpha value is -0.120. The molecule has 2 aliphatic rings. The largest absolute Gasteiger partial charge is 0.396 e. The summed E-state index contributed by atoms with van der Waals surface area (Å²) in [6.45, 7) is 13.5. The fourth-order valence-corrected chi connectivity index (χ4v) is 4.36. The fourth-order valence-electron chi connectivity index (χ4n) is 4.36. The first-order valence-electron chi connectivity index (χ1n) is 8.47. The molecule has 1 aliphatic carbocycles. The van der Waals surface area contributed by atoms with E-state index in [1.807, 2.05) is 0 Å². The first-order valence-corrected chi connectivity index (χ1v) is 8.47. The van der Waals surface area contributed by atoms with Gasteiger partial charge in [-0.05, 0) is 55.8 Å². The van der Waals surface area contributed by atoms with Crippen molar-refractivity contribution in [1.29, 1.82) is 0 Å². The summed E-state index contributed by atoms with van der Waals surface area (Å²) in [4.78, 5) is 11.6. The molecule has 0 aromatic heterocycles. The molecule has 0 aromatic rings. The molecule has 2 rings (SSSR count). The van der Waals surface area contributed by atoms with Crippen LogP contribution in [0.15, 0.2) is 0 Å². The van der Waals surface area contributed by atoms with Crippen molar-refractivity contribution in [3.8, 4) is 0 Å². The normalized spacial score (nSPS) is 38.1. The molecular weight excluding hydrogens is 264 g/mol.